The first-order valence-corrected chi connectivity index (χ1v) is 9.36. The molecule has 0 bridgehead atoms. The Morgan fingerprint density at radius 2 is 2.05 bits per heavy atom. The summed E-state index contributed by atoms with van der Waals surface area (Å²) in [5, 5.41) is 4.64. The Morgan fingerprint density at radius 1 is 1.20 bits per heavy atom. The van der Waals surface area contributed by atoms with Crippen LogP contribution in [-0.4, -0.2) is 22.3 Å². The van der Waals surface area contributed by atoms with Crippen molar-refractivity contribution in [1.82, 2.24) is 9.97 Å². The number of thioether (sulfide) groups is 1. The van der Waals surface area contributed by atoms with Crippen LogP contribution in [0.1, 0.15) is 44.3 Å². The molecule has 2 heterocycles. The van der Waals surface area contributed by atoms with E-state index in [0.717, 1.165) is 41.6 Å². The highest BCUT2D eigenvalue weighted by atomic mass is 32.2. The quantitative estimate of drug-likeness (QED) is 0.716. The fraction of sp³-hybridized carbons (Fsp3) is 0.600. The molecule has 0 saturated carbocycles. The molecule has 3 nitrogen and oxygen atoms in total. The number of anilines is 1. The van der Waals surface area contributed by atoms with E-state index in [-0.39, 0.29) is 0 Å². The van der Waals surface area contributed by atoms with Crippen LogP contribution >= 0.6 is 23.1 Å². The number of aromatic nitrogens is 2. The summed E-state index contributed by atoms with van der Waals surface area (Å²) in [4.78, 5) is 12.0. The molecule has 0 saturated heterocycles. The molecule has 0 fully saturated rings. The van der Waals surface area contributed by atoms with Gasteiger partial charge in [-0.2, -0.15) is 11.8 Å². The number of rotatable bonds is 8. The lowest BCUT2D eigenvalue weighted by Gasteiger charge is -2.07. The zero-order valence-electron chi connectivity index (χ0n) is 12.5. The van der Waals surface area contributed by atoms with Gasteiger partial charge in [-0.3, -0.25) is 0 Å². The van der Waals surface area contributed by atoms with Gasteiger partial charge in [0.15, 0.2) is 0 Å². The van der Waals surface area contributed by atoms with E-state index in [1.807, 2.05) is 11.8 Å². The first kappa shape index (κ1) is 15.6. The van der Waals surface area contributed by atoms with Gasteiger partial charge in [0.25, 0.3) is 0 Å². The number of hydrogen-bond donors (Lipinski definition) is 1. The standard InChI is InChI=1S/C15H23N3S2/c1-4-7-16-14-12-9-11(6-3)20-15(12)18-13(17-14)10-19-8-5-2/h9H,4-8,10H2,1-3H3,(H,16,17,18). The van der Waals surface area contributed by atoms with Gasteiger partial charge in [-0.15, -0.1) is 11.3 Å². The summed E-state index contributed by atoms with van der Waals surface area (Å²) in [5.41, 5.74) is 0. The van der Waals surface area contributed by atoms with Crippen molar-refractivity contribution in [1.29, 1.82) is 0 Å². The number of aryl methyl sites for hydroxylation is 1. The molecule has 2 aromatic heterocycles. The molecule has 0 spiro atoms. The maximum absolute atomic E-state index is 4.73. The van der Waals surface area contributed by atoms with E-state index in [1.165, 1.54) is 22.4 Å². The molecular formula is C15H23N3S2. The van der Waals surface area contributed by atoms with Gasteiger partial charge in [-0.05, 0) is 31.1 Å². The Morgan fingerprint density at radius 3 is 2.75 bits per heavy atom. The molecule has 1 N–H and O–H groups in total. The minimum Gasteiger partial charge on any atom is -0.369 e. The topological polar surface area (TPSA) is 37.8 Å². The smallest absolute Gasteiger partial charge is 0.142 e. The summed E-state index contributed by atoms with van der Waals surface area (Å²) < 4.78 is 0. The highest BCUT2D eigenvalue weighted by molar-refractivity contribution is 7.98. The highest BCUT2D eigenvalue weighted by Crippen LogP contribution is 2.30. The zero-order valence-corrected chi connectivity index (χ0v) is 14.2. The maximum Gasteiger partial charge on any atom is 0.142 e. The van der Waals surface area contributed by atoms with Crippen LogP contribution in [-0.2, 0) is 12.2 Å². The molecule has 0 aliphatic heterocycles. The largest absolute Gasteiger partial charge is 0.369 e. The Bertz CT molecular complexity index is 551. The van der Waals surface area contributed by atoms with Gasteiger partial charge in [0.1, 0.15) is 16.5 Å². The molecule has 0 radical (unpaired) electrons. The predicted molar refractivity (Wildman–Crippen MR) is 92.0 cm³/mol. The Kier molecular flexibility index (Phi) is 6.10. The summed E-state index contributed by atoms with van der Waals surface area (Å²) in [6, 6.07) is 2.24. The van der Waals surface area contributed by atoms with E-state index in [4.69, 9.17) is 9.97 Å². The molecule has 0 amide bonds. The van der Waals surface area contributed by atoms with E-state index in [0.29, 0.717) is 0 Å². The molecule has 2 aromatic rings. The SMILES string of the molecule is CCCNc1nc(CSCCC)nc2sc(CC)cc12. The van der Waals surface area contributed by atoms with Crippen molar-refractivity contribution in [3.05, 3.63) is 16.8 Å². The van der Waals surface area contributed by atoms with E-state index >= 15 is 0 Å². The molecule has 0 aliphatic carbocycles. The second kappa shape index (κ2) is 7.84. The maximum atomic E-state index is 4.73. The van der Waals surface area contributed by atoms with Gasteiger partial charge in [0.05, 0.1) is 11.1 Å². The molecule has 20 heavy (non-hydrogen) atoms. The third-order valence-electron chi connectivity index (χ3n) is 2.96. The molecule has 0 atom stereocenters. The average Bonchev–Trinajstić information content (AvgIpc) is 2.88. The number of hydrogen-bond acceptors (Lipinski definition) is 5. The second-order valence-corrected chi connectivity index (χ2v) is 6.97. The number of nitrogens with zero attached hydrogens (tertiary/aromatic N) is 2. The van der Waals surface area contributed by atoms with E-state index < -0.39 is 0 Å². The second-order valence-electron chi connectivity index (χ2n) is 4.75. The van der Waals surface area contributed by atoms with Crippen LogP contribution in [0.25, 0.3) is 10.2 Å². The van der Waals surface area contributed by atoms with Crippen LogP contribution in [0.2, 0.25) is 0 Å². The average molecular weight is 310 g/mol. The van der Waals surface area contributed by atoms with Gasteiger partial charge < -0.3 is 5.32 Å². The van der Waals surface area contributed by atoms with Crippen LogP contribution in [0.3, 0.4) is 0 Å². The van der Waals surface area contributed by atoms with Crippen molar-refractivity contribution in [2.45, 2.75) is 45.8 Å². The van der Waals surface area contributed by atoms with Gasteiger partial charge >= 0.3 is 0 Å². The van der Waals surface area contributed by atoms with Crippen molar-refractivity contribution in [3.8, 4) is 0 Å². The third-order valence-corrected chi connectivity index (χ3v) is 5.29. The molecule has 110 valence electrons. The number of thiophene rings is 1. The van der Waals surface area contributed by atoms with Crippen molar-refractivity contribution >= 4 is 39.1 Å². The molecule has 0 unspecified atom stereocenters. The monoisotopic (exact) mass is 309 g/mol. The van der Waals surface area contributed by atoms with Crippen LogP contribution in [0, 0.1) is 0 Å². The summed E-state index contributed by atoms with van der Waals surface area (Å²) in [5.74, 6) is 4.05. The van der Waals surface area contributed by atoms with Crippen LogP contribution < -0.4 is 5.32 Å². The summed E-state index contributed by atoms with van der Waals surface area (Å²) in [6.07, 6.45) is 3.37. The molecular weight excluding hydrogens is 286 g/mol. The van der Waals surface area contributed by atoms with Gasteiger partial charge in [0.2, 0.25) is 0 Å². The van der Waals surface area contributed by atoms with Gasteiger partial charge in [-0.25, -0.2) is 9.97 Å². The number of nitrogens with one attached hydrogen (secondary N) is 1. The Hall–Kier alpha value is -0.810. The fourth-order valence-electron chi connectivity index (χ4n) is 1.94. The van der Waals surface area contributed by atoms with Crippen LogP contribution in [0.4, 0.5) is 5.82 Å². The van der Waals surface area contributed by atoms with Gasteiger partial charge in [-0.1, -0.05) is 20.8 Å². The molecule has 0 aliphatic rings. The Labute approximate surface area is 129 Å². The lowest BCUT2D eigenvalue weighted by atomic mass is 10.3. The van der Waals surface area contributed by atoms with Crippen LogP contribution in [0.15, 0.2) is 6.07 Å². The van der Waals surface area contributed by atoms with Crippen molar-refractivity contribution < 1.29 is 0 Å². The third kappa shape index (κ3) is 3.85. The summed E-state index contributed by atoms with van der Waals surface area (Å²) in [6.45, 7) is 7.53. The number of fused-ring (bicyclic) bond motifs is 1. The molecule has 2 rings (SSSR count). The first-order chi connectivity index (χ1) is 9.78. The minimum atomic E-state index is 0.907. The van der Waals surface area contributed by atoms with Crippen LogP contribution in [0.5, 0.6) is 0 Å². The van der Waals surface area contributed by atoms with Crippen molar-refractivity contribution in [2.24, 2.45) is 0 Å². The zero-order chi connectivity index (χ0) is 14.4. The molecule has 5 heteroatoms. The van der Waals surface area contributed by atoms with E-state index in [1.54, 1.807) is 11.3 Å². The fourth-order valence-corrected chi connectivity index (χ4v) is 3.67. The summed E-state index contributed by atoms with van der Waals surface area (Å²) >= 11 is 3.71. The summed E-state index contributed by atoms with van der Waals surface area (Å²) in [7, 11) is 0. The normalized spacial score (nSPS) is 11.2. The lowest BCUT2D eigenvalue weighted by molar-refractivity contribution is 0.961. The Balaban J connectivity index is 2.29. The molecule has 0 aromatic carbocycles. The first-order valence-electron chi connectivity index (χ1n) is 7.39. The highest BCUT2D eigenvalue weighted by Gasteiger charge is 2.11. The van der Waals surface area contributed by atoms with Gasteiger partial charge in [0, 0.05) is 11.4 Å². The van der Waals surface area contributed by atoms with E-state index in [2.05, 4.69) is 32.2 Å². The van der Waals surface area contributed by atoms with Crippen molar-refractivity contribution in [3.63, 3.8) is 0 Å². The predicted octanol–water partition coefficient (Wildman–Crippen LogP) is 4.72. The minimum absolute atomic E-state index is 0.907. The van der Waals surface area contributed by atoms with Crippen molar-refractivity contribution in [2.75, 3.05) is 17.6 Å². The van der Waals surface area contributed by atoms with E-state index in [9.17, 15) is 0 Å². The lowest BCUT2D eigenvalue weighted by Crippen LogP contribution is -2.05.